The molecule has 1 unspecified atom stereocenters. The van der Waals surface area contributed by atoms with E-state index in [1.165, 1.54) is 0 Å². The summed E-state index contributed by atoms with van der Waals surface area (Å²) in [6, 6.07) is 10.2. The van der Waals surface area contributed by atoms with Crippen molar-refractivity contribution in [2.75, 3.05) is 13.1 Å². The lowest BCUT2D eigenvalue weighted by Gasteiger charge is -2.26. The Morgan fingerprint density at radius 3 is 2.65 bits per heavy atom. The van der Waals surface area contributed by atoms with Gasteiger partial charge in [0.25, 0.3) is 0 Å². The molecule has 1 fully saturated rings. The van der Waals surface area contributed by atoms with Crippen molar-refractivity contribution >= 4 is 5.91 Å². The molecular formula is C14H20N2O. The molecule has 3 heteroatoms. The van der Waals surface area contributed by atoms with Gasteiger partial charge in [0.2, 0.25) is 5.91 Å². The van der Waals surface area contributed by atoms with Crippen molar-refractivity contribution in [1.29, 1.82) is 0 Å². The van der Waals surface area contributed by atoms with Crippen LogP contribution in [0.25, 0.3) is 0 Å². The van der Waals surface area contributed by atoms with Crippen molar-refractivity contribution in [3.63, 3.8) is 0 Å². The highest BCUT2D eigenvalue weighted by Crippen LogP contribution is 2.23. The Labute approximate surface area is 103 Å². The largest absolute Gasteiger partial charge is 0.351 e. The van der Waals surface area contributed by atoms with Crippen molar-refractivity contribution in [2.45, 2.75) is 31.7 Å². The Bertz CT molecular complexity index is 380. The maximum Gasteiger partial charge on any atom is 0.230 e. The van der Waals surface area contributed by atoms with E-state index < -0.39 is 5.41 Å². The van der Waals surface area contributed by atoms with Crippen LogP contribution >= 0.6 is 0 Å². The number of amides is 1. The van der Waals surface area contributed by atoms with Crippen molar-refractivity contribution < 1.29 is 4.79 Å². The number of rotatable bonds is 3. The predicted octanol–water partition coefficient (Wildman–Crippen LogP) is 1.44. The number of carbonyl (C=O) groups excluding carboxylic acids is 1. The van der Waals surface area contributed by atoms with E-state index in [2.05, 4.69) is 10.6 Å². The number of hydrogen-bond acceptors (Lipinski definition) is 2. The highest BCUT2D eigenvalue weighted by molar-refractivity contribution is 5.87. The second-order valence-electron chi connectivity index (χ2n) is 5.15. The summed E-state index contributed by atoms with van der Waals surface area (Å²) in [6.45, 7) is 5.83. The second kappa shape index (κ2) is 4.88. The molecule has 92 valence electrons. The summed E-state index contributed by atoms with van der Waals surface area (Å²) >= 11 is 0. The second-order valence-corrected chi connectivity index (χ2v) is 5.15. The average molecular weight is 232 g/mol. The van der Waals surface area contributed by atoms with Crippen molar-refractivity contribution in [1.82, 2.24) is 10.6 Å². The normalized spacial score (nSPS) is 20.2. The third-order valence-electron chi connectivity index (χ3n) is 3.46. The first-order valence-electron chi connectivity index (χ1n) is 6.18. The lowest BCUT2D eigenvalue weighted by Crippen LogP contribution is -2.45. The first kappa shape index (κ1) is 12.1. The van der Waals surface area contributed by atoms with Crippen LogP contribution < -0.4 is 10.6 Å². The van der Waals surface area contributed by atoms with Crippen LogP contribution in [0.1, 0.15) is 25.8 Å². The number of carbonyl (C=O) groups is 1. The molecule has 1 aliphatic rings. The summed E-state index contributed by atoms with van der Waals surface area (Å²) in [4.78, 5) is 12.3. The molecule has 2 rings (SSSR count). The highest BCUT2D eigenvalue weighted by atomic mass is 16.2. The van der Waals surface area contributed by atoms with Crippen molar-refractivity contribution in [3.05, 3.63) is 35.9 Å². The molecule has 1 amide bonds. The summed E-state index contributed by atoms with van der Waals surface area (Å²) in [7, 11) is 0. The molecule has 1 aromatic carbocycles. The molecule has 0 aromatic heterocycles. The summed E-state index contributed by atoms with van der Waals surface area (Å²) in [6.07, 6.45) is 1.02. The van der Waals surface area contributed by atoms with Gasteiger partial charge in [0.15, 0.2) is 0 Å². The van der Waals surface area contributed by atoms with Gasteiger partial charge in [-0.05, 0) is 32.4 Å². The molecule has 17 heavy (non-hydrogen) atoms. The van der Waals surface area contributed by atoms with Gasteiger partial charge in [-0.3, -0.25) is 4.79 Å². The molecule has 0 radical (unpaired) electrons. The van der Waals surface area contributed by atoms with Crippen molar-refractivity contribution in [2.24, 2.45) is 0 Å². The van der Waals surface area contributed by atoms with Gasteiger partial charge in [0.05, 0.1) is 5.41 Å². The van der Waals surface area contributed by atoms with E-state index in [0.717, 1.165) is 25.1 Å². The Morgan fingerprint density at radius 1 is 1.35 bits per heavy atom. The molecule has 2 N–H and O–H groups in total. The topological polar surface area (TPSA) is 41.1 Å². The molecule has 0 bridgehead atoms. The van der Waals surface area contributed by atoms with Gasteiger partial charge in [-0.25, -0.2) is 0 Å². The monoisotopic (exact) mass is 232 g/mol. The van der Waals surface area contributed by atoms with Gasteiger partial charge in [-0.2, -0.15) is 0 Å². The van der Waals surface area contributed by atoms with Gasteiger partial charge < -0.3 is 10.6 Å². The molecule has 0 saturated carbocycles. The molecule has 1 saturated heterocycles. The zero-order valence-electron chi connectivity index (χ0n) is 10.5. The summed E-state index contributed by atoms with van der Waals surface area (Å²) < 4.78 is 0. The Hall–Kier alpha value is -1.35. The maximum atomic E-state index is 12.3. The van der Waals surface area contributed by atoms with Crippen LogP contribution in [0.5, 0.6) is 0 Å². The standard InChI is InChI=1S/C14H20N2O/c1-14(2,11-6-4-3-5-7-11)13(17)16-12-8-9-15-10-12/h3-7,12,15H,8-10H2,1-2H3,(H,16,17). The lowest BCUT2D eigenvalue weighted by atomic mass is 9.83. The lowest BCUT2D eigenvalue weighted by molar-refractivity contribution is -0.126. The van der Waals surface area contributed by atoms with Gasteiger partial charge >= 0.3 is 0 Å². The first-order chi connectivity index (χ1) is 8.10. The van der Waals surface area contributed by atoms with Gasteiger partial charge in [-0.1, -0.05) is 30.3 Å². The van der Waals surface area contributed by atoms with E-state index in [0.29, 0.717) is 0 Å². The van der Waals surface area contributed by atoms with E-state index in [4.69, 9.17) is 0 Å². The minimum atomic E-state index is -0.468. The molecule has 1 aromatic rings. The number of benzene rings is 1. The molecule has 1 heterocycles. The highest BCUT2D eigenvalue weighted by Gasteiger charge is 2.31. The van der Waals surface area contributed by atoms with Crippen LogP contribution in [0.4, 0.5) is 0 Å². The summed E-state index contributed by atoms with van der Waals surface area (Å²) in [5.41, 5.74) is 0.590. The van der Waals surface area contributed by atoms with Crippen LogP contribution in [0, 0.1) is 0 Å². The Morgan fingerprint density at radius 2 is 2.06 bits per heavy atom. The van der Waals surface area contributed by atoms with Gasteiger partial charge in [0.1, 0.15) is 0 Å². The summed E-state index contributed by atoms with van der Waals surface area (Å²) in [5, 5.41) is 6.37. The third-order valence-corrected chi connectivity index (χ3v) is 3.46. The van der Waals surface area contributed by atoms with Crippen LogP contribution in [-0.4, -0.2) is 25.0 Å². The Kier molecular flexibility index (Phi) is 3.48. The zero-order valence-corrected chi connectivity index (χ0v) is 10.5. The fraction of sp³-hybridized carbons (Fsp3) is 0.500. The van der Waals surface area contributed by atoms with Crippen LogP contribution in [-0.2, 0) is 10.2 Å². The van der Waals surface area contributed by atoms with E-state index in [9.17, 15) is 4.79 Å². The maximum absolute atomic E-state index is 12.3. The predicted molar refractivity (Wildman–Crippen MR) is 68.9 cm³/mol. The third kappa shape index (κ3) is 2.67. The quantitative estimate of drug-likeness (QED) is 0.828. The SMILES string of the molecule is CC(C)(C(=O)NC1CCNC1)c1ccccc1. The van der Waals surface area contributed by atoms with E-state index >= 15 is 0 Å². The van der Waals surface area contributed by atoms with Crippen LogP contribution in [0.3, 0.4) is 0 Å². The van der Waals surface area contributed by atoms with Gasteiger partial charge in [-0.15, -0.1) is 0 Å². The smallest absolute Gasteiger partial charge is 0.230 e. The average Bonchev–Trinajstić information content (AvgIpc) is 2.83. The van der Waals surface area contributed by atoms with Gasteiger partial charge in [0, 0.05) is 12.6 Å². The molecule has 1 atom stereocenters. The zero-order chi connectivity index (χ0) is 12.3. The molecular weight excluding hydrogens is 212 g/mol. The molecule has 1 aliphatic heterocycles. The Balaban J connectivity index is 2.06. The fourth-order valence-corrected chi connectivity index (χ4v) is 2.13. The number of nitrogens with one attached hydrogen (secondary N) is 2. The number of hydrogen-bond donors (Lipinski definition) is 2. The van der Waals surface area contributed by atoms with E-state index in [1.807, 2.05) is 44.2 Å². The molecule has 0 aliphatic carbocycles. The van der Waals surface area contributed by atoms with E-state index in [1.54, 1.807) is 0 Å². The molecule has 0 spiro atoms. The molecule has 3 nitrogen and oxygen atoms in total. The van der Waals surface area contributed by atoms with E-state index in [-0.39, 0.29) is 11.9 Å². The first-order valence-corrected chi connectivity index (χ1v) is 6.18. The van der Waals surface area contributed by atoms with Crippen LogP contribution in [0.2, 0.25) is 0 Å². The van der Waals surface area contributed by atoms with Crippen LogP contribution in [0.15, 0.2) is 30.3 Å². The minimum Gasteiger partial charge on any atom is -0.351 e. The minimum absolute atomic E-state index is 0.109. The van der Waals surface area contributed by atoms with Crippen molar-refractivity contribution in [3.8, 4) is 0 Å². The summed E-state index contributed by atoms with van der Waals surface area (Å²) in [5.74, 6) is 0.109. The fourth-order valence-electron chi connectivity index (χ4n) is 2.13.